The number of ether oxygens (including phenoxy) is 1. The Morgan fingerprint density at radius 2 is 1.88 bits per heavy atom. The van der Waals surface area contributed by atoms with Crippen LogP contribution in [-0.2, 0) is 4.74 Å². The number of carbonyl (C=O) groups is 1. The lowest BCUT2D eigenvalue weighted by molar-refractivity contribution is -0.0360. The van der Waals surface area contributed by atoms with E-state index in [1.807, 2.05) is 6.07 Å². The minimum absolute atomic E-state index is 0.332. The highest BCUT2D eigenvalue weighted by Crippen LogP contribution is 2.22. The summed E-state index contributed by atoms with van der Waals surface area (Å²) in [5, 5.41) is 9.69. The van der Waals surface area contributed by atoms with Crippen LogP contribution in [0.1, 0.15) is 36.0 Å². The largest absolute Gasteiger partial charge is 0.456 e. The molecule has 0 saturated heterocycles. The first kappa shape index (κ1) is 11.1. The molecule has 16 heavy (non-hydrogen) atoms. The highest BCUT2D eigenvalue weighted by Gasteiger charge is 2.26. The maximum atomic E-state index is 11.7. The van der Waals surface area contributed by atoms with Gasteiger partial charge in [0.2, 0.25) is 0 Å². The Kier molecular flexibility index (Phi) is 3.57. The quantitative estimate of drug-likeness (QED) is 0.777. The van der Waals surface area contributed by atoms with Crippen molar-refractivity contribution in [2.45, 2.75) is 37.9 Å². The Hall–Kier alpha value is -1.35. The van der Waals surface area contributed by atoms with Gasteiger partial charge in [0.25, 0.3) is 0 Å². The normalized spacial score (nSPS) is 25.1. The smallest absolute Gasteiger partial charge is 0.338 e. The summed E-state index contributed by atoms with van der Waals surface area (Å²) >= 11 is 0. The Morgan fingerprint density at radius 1 is 1.19 bits per heavy atom. The van der Waals surface area contributed by atoms with Gasteiger partial charge in [0.05, 0.1) is 11.7 Å². The molecule has 1 aliphatic carbocycles. The number of aliphatic hydroxyl groups excluding tert-OH is 1. The lowest BCUT2D eigenvalue weighted by Crippen LogP contribution is -2.34. The molecule has 86 valence electrons. The summed E-state index contributed by atoms with van der Waals surface area (Å²) in [6.07, 6.45) is 2.69. The second kappa shape index (κ2) is 5.12. The average molecular weight is 220 g/mol. The Labute approximate surface area is 95.0 Å². The van der Waals surface area contributed by atoms with Crippen molar-refractivity contribution in [2.75, 3.05) is 0 Å². The number of carbonyl (C=O) groups excluding carboxylic acids is 1. The highest BCUT2D eigenvalue weighted by atomic mass is 16.6. The third kappa shape index (κ3) is 2.61. The first-order valence-electron chi connectivity index (χ1n) is 5.71. The summed E-state index contributed by atoms with van der Waals surface area (Å²) in [7, 11) is 0. The molecular formula is C13H16O3. The van der Waals surface area contributed by atoms with Gasteiger partial charge >= 0.3 is 5.97 Å². The van der Waals surface area contributed by atoms with Crippen molar-refractivity contribution >= 4 is 5.97 Å². The zero-order valence-electron chi connectivity index (χ0n) is 9.13. The van der Waals surface area contributed by atoms with Gasteiger partial charge in [-0.1, -0.05) is 24.6 Å². The molecule has 3 nitrogen and oxygen atoms in total. The molecule has 1 fully saturated rings. The van der Waals surface area contributed by atoms with Crippen LogP contribution in [0.4, 0.5) is 0 Å². The summed E-state index contributed by atoms with van der Waals surface area (Å²) < 4.78 is 5.30. The molecule has 0 spiro atoms. The van der Waals surface area contributed by atoms with E-state index >= 15 is 0 Å². The fraction of sp³-hybridized carbons (Fsp3) is 0.462. The van der Waals surface area contributed by atoms with Crippen molar-refractivity contribution in [2.24, 2.45) is 0 Å². The predicted molar refractivity (Wildman–Crippen MR) is 60.1 cm³/mol. The summed E-state index contributed by atoms with van der Waals surface area (Å²) in [6, 6.07) is 8.89. The standard InChI is InChI=1S/C13H16O3/c14-11-8-4-5-9-12(11)16-13(15)10-6-2-1-3-7-10/h1-3,6-7,11-12,14H,4-5,8-9H2/t11-,12-/m1/s1. The minimum Gasteiger partial charge on any atom is -0.456 e. The van der Waals surface area contributed by atoms with E-state index in [9.17, 15) is 9.90 Å². The lowest BCUT2D eigenvalue weighted by Gasteiger charge is -2.27. The molecule has 2 rings (SSSR count). The third-order valence-electron chi connectivity index (χ3n) is 2.94. The van der Waals surface area contributed by atoms with Gasteiger partial charge in [-0.15, -0.1) is 0 Å². The lowest BCUT2D eigenvalue weighted by atomic mass is 9.95. The van der Waals surface area contributed by atoms with Gasteiger partial charge in [0.15, 0.2) is 0 Å². The van der Waals surface area contributed by atoms with E-state index in [1.165, 1.54) is 0 Å². The molecule has 1 aliphatic rings. The molecule has 1 N–H and O–H groups in total. The third-order valence-corrected chi connectivity index (χ3v) is 2.94. The number of hydrogen-bond acceptors (Lipinski definition) is 3. The van der Waals surface area contributed by atoms with Gasteiger partial charge < -0.3 is 9.84 Å². The fourth-order valence-corrected chi connectivity index (χ4v) is 1.99. The molecule has 3 heteroatoms. The molecule has 0 unspecified atom stereocenters. The summed E-state index contributed by atoms with van der Waals surface area (Å²) in [5.74, 6) is -0.341. The molecule has 0 bridgehead atoms. The maximum Gasteiger partial charge on any atom is 0.338 e. The molecule has 1 aromatic carbocycles. The number of hydrogen-bond donors (Lipinski definition) is 1. The van der Waals surface area contributed by atoms with Crippen LogP contribution >= 0.6 is 0 Å². The Bertz CT molecular complexity index is 347. The Balaban J connectivity index is 1.96. The Morgan fingerprint density at radius 3 is 2.56 bits per heavy atom. The van der Waals surface area contributed by atoms with Crippen LogP contribution in [0.2, 0.25) is 0 Å². The SMILES string of the molecule is O=C(O[C@@H]1CCCC[C@H]1O)c1ccccc1. The van der Waals surface area contributed by atoms with Crippen LogP contribution < -0.4 is 0 Å². The van der Waals surface area contributed by atoms with E-state index in [2.05, 4.69) is 0 Å². The van der Waals surface area contributed by atoms with Gasteiger partial charge in [-0.3, -0.25) is 0 Å². The van der Waals surface area contributed by atoms with Gasteiger partial charge in [0, 0.05) is 0 Å². The minimum atomic E-state index is -0.499. The highest BCUT2D eigenvalue weighted by molar-refractivity contribution is 5.89. The van der Waals surface area contributed by atoms with Crippen molar-refractivity contribution in [1.29, 1.82) is 0 Å². The van der Waals surface area contributed by atoms with Crippen LogP contribution in [0.15, 0.2) is 30.3 Å². The van der Waals surface area contributed by atoms with Crippen LogP contribution in [-0.4, -0.2) is 23.3 Å². The van der Waals surface area contributed by atoms with Crippen molar-refractivity contribution < 1.29 is 14.6 Å². The van der Waals surface area contributed by atoms with E-state index in [0.29, 0.717) is 5.56 Å². The second-order valence-corrected chi connectivity index (χ2v) is 4.16. The van der Waals surface area contributed by atoms with Gasteiger partial charge in [-0.25, -0.2) is 4.79 Å². The van der Waals surface area contributed by atoms with Gasteiger partial charge in [0.1, 0.15) is 6.10 Å². The van der Waals surface area contributed by atoms with E-state index in [4.69, 9.17) is 4.74 Å². The van der Waals surface area contributed by atoms with Crippen LogP contribution in [0.5, 0.6) is 0 Å². The topological polar surface area (TPSA) is 46.5 Å². The van der Waals surface area contributed by atoms with Crippen molar-refractivity contribution in [3.63, 3.8) is 0 Å². The molecule has 2 atom stereocenters. The zero-order valence-corrected chi connectivity index (χ0v) is 9.13. The van der Waals surface area contributed by atoms with Gasteiger partial charge in [-0.2, -0.15) is 0 Å². The number of aliphatic hydroxyl groups is 1. The molecule has 0 amide bonds. The average Bonchev–Trinajstić information content (AvgIpc) is 2.33. The fourth-order valence-electron chi connectivity index (χ4n) is 1.99. The van der Waals surface area contributed by atoms with Gasteiger partial charge in [-0.05, 0) is 31.4 Å². The molecule has 0 aromatic heterocycles. The molecule has 1 saturated carbocycles. The summed E-state index contributed by atoms with van der Waals surface area (Å²) in [6.45, 7) is 0. The first-order chi connectivity index (χ1) is 7.77. The maximum absolute atomic E-state index is 11.7. The van der Waals surface area contributed by atoms with E-state index in [-0.39, 0.29) is 12.1 Å². The molecular weight excluding hydrogens is 204 g/mol. The second-order valence-electron chi connectivity index (χ2n) is 4.16. The van der Waals surface area contributed by atoms with E-state index < -0.39 is 6.10 Å². The summed E-state index contributed by atoms with van der Waals surface area (Å²) in [4.78, 5) is 11.7. The number of esters is 1. The number of benzene rings is 1. The molecule has 0 heterocycles. The van der Waals surface area contributed by atoms with Crippen molar-refractivity contribution in [3.05, 3.63) is 35.9 Å². The summed E-state index contributed by atoms with van der Waals surface area (Å²) in [5.41, 5.74) is 0.542. The van der Waals surface area contributed by atoms with E-state index in [1.54, 1.807) is 24.3 Å². The van der Waals surface area contributed by atoms with Crippen LogP contribution in [0.3, 0.4) is 0 Å². The van der Waals surface area contributed by atoms with Crippen molar-refractivity contribution in [3.8, 4) is 0 Å². The first-order valence-corrected chi connectivity index (χ1v) is 5.71. The molecule has 1 aromatic rings. The predicted octanol–water partition coefficient (Wildman–Crippen LogP) is 2.15. The van der Waals surface area contributed by atoms with E-state index in [0.717, 1.165) is 25.7 Å². The van der Waals surface area contributed by atoms with Crippen molar-refractivity contribution in [1.82, 2.24) is 0 Å². The van der Waals surface area contributed by atoms with Crippen LogP contribution in [0, 0.1) is 0 Å². The monoisotopic (exact) mass is 220 g/mol. The zero-order chi connectivity index (χ0) is 11.4. The molecule has 0 aliphatic heterocycles. The van der Waals surface area contributed by atoms with Crippen LogP contribution in [0.25, 0.3) is 0 Å². The number of rotatable bonds is 2. The molecule has 0 radical (unpaired) electrons.